The fourth-order valence-corrected chi connectivity index (χ4v) is 3.59. The third kappa shape index (κ3) is 7.32. The van der Waals surface area contributed by atoms with E-state index in [4.69, 9.17) is 16.7 Å². The number of aromatic nitrogens is 4. The number of alkyl halides is 3. The summed E-state index contributed by atoms with van der Waals surface area (Å²) >= 11 is 5.63. The molecule has 15 heteroatoms. The number of pyridine rings is 1. The van der Waals surface area contributed by atoms with E-state index in [1.165, 1.54) is 6.07 Å². The number of halogens is 4. The summed E-state index contributed by atoms with van der Waals surface area (Å²) in [6.07, 6.45) is -1.58. The van der Waals surface area contributed by atoms with Crippen molar-refractivity contribution in [3.05, 3.63) is 77.1 Å². The van der Waals surface area contributed by atoms with Gasteiger partial charge >= 0.3 is 18.2 Å². The third-order valence-electron chi connectivity index (χ3n) is 5.24. The molecular weight excluding hydrogens is 553 g/mol. The number of carbonyl (C=O) groups excluding carboxylic acids is 1. The summed E-state index contributed by atoms with van der Waals surface area (Å²) in [6, 6.07) is 10.4. The number of nitrogens with one attached hydrogen (secondary N) is 4. The Balaban J connectivity index is 1.54. The van der Waals surface area contributed by atoms with E-state index >= 15 is 0 Å². The highest BCUT2D eigenvalue weighted by Gasteiger charge is 2.33. The number of hydrogen-bond acceptors (Lipinski definition) is 8. The SMILES string of the molecule is Cc1ccc(NC(=O)Nc2ccc(Cl)c(C(F)(F)F)c2)cc1Nc1nc(NCC(=O)O)nc(-c2ccncc2)n1. The van der Waals surface area contributed by atoms with Crippen LogP contribution in [0.2, 0.25) is 5.02 Å². The average Bonchev–Trinajstić information content (AvgIpc) is 2.90. The van der Waals surface area contributed by atoms with Gasteiger partial charge in [-0.2, -0.15) is 28.1 Å². The number of benzene rings is 2. The van der Waals surface area contributed by atoms with Gasteiger partial charge in [-0.3, -0.25) is 9.78 Å². The van der Waals surface area contributed by atoms with Gasteiger partial charge in [-0.05, 0) is 55.0 Å². The van der Waals surface area contributed by atoms with Crippen LogP contribution in [0, 0.1) is 6.92 Å². The summed E-state index contributed by atoms with van der Waals surface area (Å²) in [5, 5.41) is 19.1. The molecule has 0 spiro atoms. The molecule has 0 aliphatic heterocycles. The van der Waals surface area contributed by atoms with Crippen LogP contribution in [0.5, 0.6) is 0 Å². The molecule has 0 aliphatic rings. The van der Waals surface area contributed by atoms with Crippen LogP contribution in [0.15, 0.2) is 60.9 Å². The molecule has 0 unspecified atom stereocenters. The van der Waals surface area contributed by atoms with E-state index in [1.807, 2.05) is 0 Å². The van der Waals surface area contributed by atoms with Gasteiger partial charge < -0.3 is 26.4 Å². The van der Waals surface area contributed by atoms with Gasteiger partial charge in [0.05, 0.1) is 10.6 Å². The molecule has 206 valence electrons. The summed E-state index contributed by atoms with van der Waals surface area (Å²) in [7, 11) is 0. The van der Waals surface area contributed by atoms with Gasteiger partial charge in [-0.15, -0.1) is 0 Å². The number of anilines is 5. The Morgan fingerprint density at radius 1 is 0.925 bits per heavy atom. The first-order valence-corrected chi connectivity index (χ1v) is 11.8. The van der Waals surface area contributed by atoms with Crippen molar-refractivity contribution >= 4 is 52.6 Å². The third-order valence-corrected chi connectivity index (χ3v) is 5.57. The van der Waals surface area contributed by atoms with E-state index < -0.39 is 35.3 Å². The van der Waals surface area contributed by atoms with Gasteiger partial charge in [-0.25, -0.2) is 4.79 Å². The Bertz CT molecular complexity index is 1550. The van der Waals surface area contributed by atoms with Gasteiger partial charge in [0.2, 0.25) is 11.9 Å². The van der Waals surface area contributed by atoms with Crippen LogP contribution in [-0.2, 0) is 11.0 Å². The Kier molecular flexibility index (Phi) is 8.29. The maximum Gasteiger partial charge on any atom is 0.417 e. The molecular formula is C25H20ClF3N8O3. The minimum absolute atomic E-state index is 0.0132. The minimum Gasteiger partial charge on any atom is -0.480 e. The lowest BCUT2D eigenvalue weighted by molar-refractivity contribution is -0.137. The second kappa shape index (κ2) is 11.8. The van der Waals surface area contributed by atoms with E-state index in [0.717, 1.165) is 17.7 Å². The number of nitrogens with zero attached hydrogens (tertiary/aromatic N) is 4. The van der Waals surface area contributed by atoms with Gasteiger partial charge in [0.1, 0.15) is 6.54 Å². The van der Waals surface area contributed by atoms with Crippen molar-refractivity contribution in [3.8, 4) is 11.4 Å². The monoisotopic (exact) mass is 572 g/mol. The molecule has 0 fully saturated rings. The highest BCUT2D eigenvalue weighted by Crippen LogP contribution is 2.36. The standard InChI is InChI=1S/C25H20ClF3N8O3/c1-13-2-3-16(33-24(40)32-15-4-5-18(26)17(10-15)25(27,28)29)11-19(13)34-23-36-21(14-6-8-30-9-7-14)35-22(37-23)31-12-20(38)39/h2-11H,12H2,1H3,(H,38,39)(H2,32,33,40)(H2,31,34,35,36,37). The van der Waals surface area contributed by atoms with E-state index in [-0.39, 0.29) is 23.4 Å². The van der Waals surface area contributed by atoms with Gasteiger partial charge in [0, 0.05) is 35.0 Å². The molecule has 0 saturated heterocycles. The van der Waals surface area contributed by atoms with Crippen molar-refractivity contribution in [1.29, 1.82) is 0 Å². The van der Waals surface area contributed by atoms with Gasteiger partial charge in [-0.1, -0.05) is 17.7 Å². The normalized spacial score (nSPS) is 11.0. The van der Waals surface area contributed by atoms with Crippen LogP contribution in [0.1, 0.15) is 11.1 Å². The lowest BCUT2D eigenvalue weighted by Gasteiger charge is -2.14. The number of rotatable bonds is 8. The summed E-state index contributed by atoms with van der Waals surface area (Å²) in [6.45, 7) is 1.36. The Hall–Kier alpha value is -4.98. The lowest BCUT2D eigenvalue weighted by Crippen LogP contribution is -2.20. The second-order valence-corrected chi connectivity index (χ2v) is 8.62. The summed E-state index contributed by atoms with van der Waals surface area (Å²) < 4.78 is 39.4. The molecule has 0 aliphatic carbocycles. The molecule has 4 rings (SSSR count). The second-order valence-electron chi connectivity index (χ2n) is 8.22. The molecule has 2 amide bonds. The van der Waals surface area contributed by atoms with Crippen molar-refractivity contribution < 1.29 is 27.9 Å². The zero-order valence-electron chi connectivity index (χ0n) is 20.5. The smallest absolute Gasteiger partial charge is 0.417 e. The summed E-state index contributed by atoms with van der Waals surface area (Å²) in [5.41, 5.74) is 0.968. The van der Waals surface area contributed by atoms with Gasteiger partial charge in [0.15, 0.2) is 5.82 Å². The predicted octanol–water partition coefficient (Wildman–Crippen LogP) is 5.80. The molecule has 0 radical (unpaired) electrons. The highest BCUT2D eigenvalue weighted by atomic mass is 35.5. The molecule has 2 aromatic heterocycles. The molecule has 2 heterocycles. The fourth-order valence-electron chi connectivity index (χ4n) is 3.36. The molecule has 2 aromatic carbocycles. The molecule has 0 bridgehead atoms. The van der Waals surface area contributed by atoms with Crippen molar-refractivity contribution in [2.24, 2.45) is 0 Å². The number of amides is 2. The maximum absolute atomic E-state index is 13.1. The number of aryl methyl sites for hydroxylation is 1. The molecule has 11 nitrogen and oxygen atoms in total. The minimum atomic E-state index is -4.68. The number of carbonyl (C=O) groups is 2. The summed E-state index contributed by atoms with van der Waals surface area (Å²) in [5.74, 6) is -0.763. The van der Waals surface area contributed by atoms with Gasteiger partial charge in [0.25, 0.3) is 0 Å². The molecule has 4 aromatic rings. The maximum atomic E-state index is 13.1. The van der Waals surface area contributed by atoms with E-state index in [0.29, 0.717) is 16.9 Å². The van der Waals surface area contributed by atoms with Crippen LogP contribution in [0.25, 0.3) is 11.4 Å². The Morgan fingerprint density at radius 2 is 1.57 bits per heavy atom. The zero-order chi connectivity index (χ0) is 28.9. The van der Waals surface area contributed by atoms with Crippen LogP contribution < -0.4 is 21.3 Å². The molecule has 0 saturated carbocycles. The van der Waals surface area contributed by atoms with Crippen LogP contribution in [-0.4, -0.2) is 43.6 Å². The number of urea groups is 1. The van der Waals surface area contributed by atoms with E-state index in [1.54, 1.807) is 49.6 Å². The molecule has 40 heavy (non-hydrogen) atoms. The molecule has 5 N–H and O–H groups in total. The van der Waals surface area contributed by atoms with Crippen molar-refractivity contribution in [1.82, 2.24) is 19.9 Å². The quantitative estimate of drug-likeness (QED) is 0.176. The van der Waals surface area contributed by atoms with Crippen molar-refractivity contribution in [2.75, 3.05) is 27.8 Å². The van der Waals surface area contributed by atoms with E-state index in [2.05, 4.69) is 41.2 Å². The number of aliphatic carboxylic acids is 1. The average molecular weight is 573 g/mol. The highest BCUT2D eigenvalue weighted by molar-refractivity contribution is 6.31. The topological polar surface area (TPSA) is 154 Å². The van der Waals surface area contributed by atoms with Crippen molar-refractivity contribution in [2.45, 2.75) is 13.1 Å². The predicted molar refractivity (Wildman–Crippen MR) is 143 cm³/mol. The van der Waals surface area contributed by atoms with E-state index in [9.17, 15) is 22.8 Å². The lowest BCUT2D eigenvalue weighted by atomic mass is 10.2. The zero-order valence-corrected chi connectivity index (χ0v) is 21.3. The Labute approximate surface area is 229 Å². The van der Waals surface area contributed by atoms with Crippen LogP contribution >= 0.6 is 11.6 Å². The number of carboxylic acids is 1. The first kappa shape index (κ1) is 28.0. The van der Waals surface area contributed by atoms with Crippen LogP contribution in [0.3, 0.4) is 0 Å². The first-order chi connectivity index (χ1) is 19.0. The summed E-state index contributed by atoms with van der Waals surface area (Å²) in [4.78, 5) is 40.3. The Morgan fingerprint density at radius 3 is 2.25 bits per heavy atom. The number of carboxylic acid groups (broad SMARTS) is 1. The number of hydrogen-bond donors (Lipinski definition) is 5. The fraction of sp³-hybridized carbons (Fsp3) is 0.120. The van der Waals surface area contributed by atoms with Crippen LogP contribution in [0.4, 0.5) is 46.9 Å². The molecule has 0 atom stereocenters. The first-order valence-electron chi connectivity index (χ1n) is 11.4. The largest absolute Gasteiger partial charge is 0.480 e. The van der Waals surface area contributed by atoms with Crippen molar-refractivity contribution in [3.63, 3.8) is 0 Å².